The molecule has 9 nitrogen and oxygen atoms in total. The lowest BCUT2D eigenvalue weighted by atomic mass is 9.99. The van der Waals surface area contributed by atoms with E-state index in [0.717, 1.165) is 18.3 Å². The molecule has 0 bridgehead atoms. The molecule has 1 heterocycles. The van der Waals surface area contributed by atoms with Gasteiger partial charge < -0.3 is 25.7 Å². The van der Waals surface area contributed by atoms with Crippen LogP contribution in [-0.2, 0) is 4.57 Å². The number of anilines is 1. The summed E-state index contributed by atoms with van der Waals surface area (Å²) >= 11 is 5.53. The van der Waals surface area contributed by atoms with Gasteiger partial charge in [0.1, 0.15) is 5.82 Å². The lowest BCUT2D eigenvalue weighted by Gasteiger charge is -2.25. The Morgan fingerprint density at radius 2 is 2.09 bits per heavy atom. The molecule has 4 atom stereocenters. The van der Waals surface area contributed by atoms with Gasteiger partial charge in [-0.05, 0) is 6.07 Å². The van der Waals surface area contributed by atoms with Crippen LogP contribution in [0.1, 0.15) is 6.23 Å². The summed E-state index contributed by atoms with van der Waals surface area (Å²) < 4.78 is 25.5. The quantitative estimate of drug-likeness (QED) is 0.318. The van der Waals surface area contributed by atoms with Gasteiger partial charge in [0, 0.05) is 23.8 Å². The average Bonchev–Trinajstić information content (AvgIpc) is 2.45. The summed E-state index contributed by atoms with van der Waals surface area (Å²) in [6.07, 6.45) is -4.53. The standard InChI is InChI=1S/C11H16ClFN3O6P/c12-5-6(2-4-23(20,21)22)9(17)8(13)10(18)16-3-1-7(14)15-11(16)19/h1-4,6,8-10,17-18H,5H2,(H2,14,15,19)(H2,20,21,22)/b4-2+/t6-,8-,9-,10-/m1/s1. The van der Waals surface area contributed by atoms with Gasteiger partial charge in [-0.15, -0.1) is 11.6 Å². The minimum Gasteiger partial charge on any atom is -0.389 e. The molecule has 1 rings (SSSR count). The molecular weight excluding hydrogens is 356 g/mol. The van der Waals surface area contributed by atoms with Crippen molar-refractivity contribution in [2.24, 2.45) is 5.92 Å². The fourth-order valence-corrected chi connectivity index (χ4v) is 2.40. The summed E-state index contributed by atoms with van der Waals surface area (Å²) in [6.45, 7) is 0. The van der Waals surface area contributed by atoms with Crippen molar-refractivity contribution in [1.29, 1.82) is 0 Å². The Balaban J connectivity index is 2.96. The molecule has 0 aliphatic heterocycles. The Kier molecular flexibility index (Phi) is 6.87. The first kappa shape index (κ1) is 19.8. The number of aliphatic hydroxyl groups excluding tert-OH is 2. The second-order valence-corrected chi connectivity index (χ2v) is 6.42. The van der Waals surface area contributed by atoms with E-state index < -0.39 is 37.7 Å². The Morgan fingerprint density at radius 3 is 2.57 bits per heavy atom. The maximum Gasteiger partial charge on any atom is 0.351 e. The predicted molar refractivity (Wildman–Crippen MR) is 80.5 cm³/mol. The van der Waals surface area contributed by atoms with Crippen molar-refractivity contribution in [2.45, 2.75) is 18.5 Å². The number of nitrogens with zero attached hydrogens (tertiary/aromatic N) is 2. The third-order valence-corrected chi connectivity index (χ3v) is 3.81. The monoisotopic (exact) mass is 371 g/mol. The first-order chi connectivity index (χ1) is 10.6. The zero-order valence-electron chi connectivity index (χ0n) is 11.6. The molecule has 0 amide bonds. The molecule has 12 heteroatoms. The highest BCUT2D eigenvalue weighted by atomic mass is 35.5. The van der Waals surface area contributed by atoms with E-state index >= 15 is 0 Å². The molecule has 1 aromatic rings. The maximum atomic E-state index is 14.2. The molecule has 0 fully saturated rings. The molecular formula is C11H16ClFN3O6P. The molecule has 6 N–H and O–H groups in total. The van der Waals surface area contributed by atoms with Gasteiger partial charge in [0.05, 0.1) is 6.10 Å². The van der Waals surface area contributed by atoms with Crippen molar-refractivity contribution in [3.63, 3.8) is 0 Å². The van der Waals surface area contributed by atoms with Crippen LogP contribution >= 0.6 is 19.2 Å². The lowest BCUT2D eigenvalue weighted by molar-refractivity contribution is -0.0605. The summed E-state index contributed by atoms with van der Waals surface area (Å²) in [5.41, 5.74) is 4.24. The highest BCUT2D eigenvalue weighted by molar-refractivity contribution is 7.55. The third kappa shape index (κ3) is 5.69. The molecule has 0 spiro atoms. The number of rotatable bonds is 7. The number of nitrogens with two attached hydrogens (primary N) is 1. The lowest BCUT2D eigenvalue weighted by Crippen LogP contribution is -2.40. The topological polar surface area (TPSA) is 159 Å². The summed E-state index contributed by atoms with van der Waals surface area (Å²) in [7, 11) is -4.51. The molecule has 0 aliphatic carbocycles. The fraction of sp³-hybridized carbons (Fsp3) is 0.455. The Bertz CT molecular complexity index is 665. The second kappa shape index (κ2) is 8.00. The number of hydrogen-bond acceptors (Lipinski definition) is 6. The predicted octanol–water partition coefficient (Wildman–Crippen LogP) is -0.438. The molecule has 23 heavy (non-hydrogen) atoms. The van der Waals surface area contributed by atoms with Gasteiger partial charge in [-0.3, -0.25) is 9.13 Å². The van der Waals surface area contributed by atoms with Gasteiger partial charge >= 0.3 is 13.3 Å². The number of aromatic nitrogens is 2. The summed E-state index contributed by atoms with van der Waals surface area (Å²) in [4.78, 5) is 32.3. The molecule has 0 saturated heterocycles. The van der Waals surface area contributed by atoms with Gasteiger partial charge in [0.15, 0.2) is 12.4 Å². The SMILES string of the molecule is Nc1ccn([C@H](O)[C@H](F)[C@H](O)[C@H](/C=C/P(=O)(O)O)CCl)c(=O)n1. The average molecular weight is 372 g/mol. The van der Waals surface area contributed by atoms with Crippen LogP contribution in [0.25, 0.3) is 0 Å². The highest BCUT2D eigenvalue weighted by Gasteiger charge is 2.33. The maximum absolute atomic E-state index is 14.2. The van der Waals surface area contributed by atoms with Crippen molar-refractivity contribution in [3.8, 4) is 0 Å². The molecule has 0 unspecified atom stereocenters. The number of nitrogen functional groups attached to an aromatic ring is 1. The molecule has 130 valence electrons. The van der Waals surface area contributed by atoms with E-state index in [0.29, 0.717) is 10.4 Å². The van der Waals surface area contributed by atoms with Crippen LogP contribution < -0.4 is 11.4 Å². The van der Waals surface area contributed by atoms with Crippen molar-refractivity contribution in [1.82, 2.24) is 9.55 Å². The normalized spacial score (nSPS) is 17.8. The van der Waals surface area contributed by atoms with E-state index in [9.17, 15) is 24.0 Å². The van der Waals surface area contributed by atoms with Crippen LogP contribution in [0.2, 0.25) is 0 Å². The fourth-order valence-electron chi connectivity index (χ4n) is 1.67. The number of halogens is 2. The molecule has 0 saturated carbocycles. The van der Waals surface area contributed by atoms with Gasteiger partial charge in [-0.2, -0.15) is 4.98 Å². The first-order valence-corrected chi connectivity index (χ1v) is 8.44. The van der Waals surface area contributed by atoms with Gasteiger partial charge in [-0.25, -0.2) is 9.18 Å². The Hall–Kier alpha value is -1.29. The Morgan fingerprint density at radius 1 is 1.48 bits per heavy atom. The largest absolute Gasteiger partial charge is 0.389 e. The minimum absolute atomic E-state index is 0.127. The van der Waals surface area contributed by atoms with E-state index in [-0.39, 0.29) is 11.7 Å². The first-order valence-electron chi connectivity index (χ1n) is 6.22. The van der Waals surface area contributed by atoms with Crippen LogP contribution in [-0.4, -0.2) is 47.7 Å². The summed E-state index contributed by atoms with van der Waals surface area (Å²) in [6, 6.07) is 1.15. The number of hydrogen-bond donors (Lipinski definition) is 5. The van der Waals surface area contributed by atoms with E-state index in [2.05, 4.69) is 4.98 Å². The zero-order chi connectivity index (χ0) is 17.8. The molecule has 0 aromatic carbocycles. The van der Waals surface area contributed by atoms with E-state index in [1.165, 1.54) is 0 Å². The molecule has 0 radical (unpaired) electrons. The third-order valence-electron chi connectivity index (χ3n) is 2.89. The van der Waals surface area contributed by atoms with Crippen LogP contribution in [0.15, 0.2) is 29.0 Å². The van der Waals surface area contributed by atoms with E-state index in [1.54, 1.807) is 0 Å². The van der Waals surface area contributed by atoms with Crippen molar-refractivity contribution >= 4 is 25.0 Å². The van der Waals surface area contributed by atoms with E-state index in [4.69, 9.17) is 27.1 Å². The Labute approximate surface area is 135 Å². The van der Waals surface area contributed by atoms with Gasteiger partial charge in [0.25, 0.3) is 0 Å². The minimum atomic E-state index is -4.51. The second-order valence-electron chi connectivity index (χ2n) is 4.64. The van der Waals surface area contributed by atoms with Crippen molar-refractivity contribution in [2.75, 3.05) is 11.6 Å². The number of aliphatic hydroxyl groups is 2. The van der Waals surface area contributed by atoms with E-state index in [1.807, 2.05) is 0 Å². The molecule has 0 aliphatic rings. The summed E-state index contributed by atoms with van der Waals surface area (Å²) in [5.74, 6) is -1.23. The molecule has 1 aromatic heterocycles. The van der Waals surface area contributed by atoms with Crippen LogP contribution in [0, 0.1) is 5.92 Å². The van der Waals surface area contributed by atoms with Crippen LogP contribution in [0.3, 0.4) is 0 Å². The van der Waals surface area contributed by atoms with Gasteiger partial charge in [0.2, 0.25) is 0 Å². The van der Waals surface area contributed by atoms with Crippen LogP contribution in [0.5, 0.6) is 0 Å². The highest BCUT2D eigenvalue weighted by Crippen LogP contribution is 2.37. The van der Waals surface area contributed by atoms with Crippen LogP contribution in [0.4, 0.5) is 10.2 Å². The van der Waals surface area contributed by atoms with Crippen molar-refractivity contribution < 1.29 is 29.0 Å². The number of alkyl halides is 2. The zero-order valence-corrected chi connectivity index (χ0v) is 13.3. The van der Waals surface area contributed by atoms with Crippen molar-refractivity contribution in [3.05, 3.63) is 34.6 Å². The smallest absolute Gasteiger partial charge is 0.351 e. The summed E-state index contributed by atoms with van der Waals surface area (Å²) in [5, 5.41) is 19.7. The van der Waals surface area contributed by atoms with Gasteiger partial charge in [-0.1, -0.05) is 6.08 Å².